The summed E-state index contributed by atoms with van der Waals surface area (Å²) in [5.41, 5.74) is 1.66. The lowest BCUT2D eigenvalue weighted by molar-refractivity contribution is -0.111. The van der Waals surface area contributed by atoms with Gasteiger partial charge in [-0.2, -0.15) is 0 Å². The Hall–Kier alpha value is -3.23. The molecular weight excluding hydrogens is 445 g/mol. The van der Waals surface area contributed by atoms with Gasteiger partial charge in [-0.25, -0.2) is 14.4 Å². The van der Waals surface area contributed by atoms with Gasteiger partial charge in [0.2, 0.25) is 5.91 Å². The van der Waals surface area contributed by atoms with E-state index in [1.54, 1.807) is 18.2 Å². The molecular formula is C24H27ClFN5O2. The van der Waals surface area contributed by atoms with Gasteiger partial charge in [0.15, 0.2) is 0 Å². The lowest BCUT2D eigenvalue weighted by Crippen LogP contribution is -2.25. The maximum atomic E-state index is 13.5. The molecule has 0 saturated heterocycles. The van der Waals surface area contributed by atoms with Crippen molar-refractivity contribution in [3.63, 3.8) is 0 Å². The van der Waals surface area contributed by atoms with Crippen LogP contribution in [0.2, 0.25) is 5.02 Å². The van der Waals surface area contributed by atoms with Crippen molar-refractivity contribution in [1.29, 1.82) is 0 Å². The average molecular weight is 472 g/mol. The first kappa shape index (κ1) is 24.4. The van der Waals surface area contributed by atoms with Gasteiger partial charge in [0.25, 0.3) is 0 Å². The summed E-state index contributed by atoms with van der Waals surface area (Å²) in [4.78, 5) is 23.0. The van der Waals surface area contributed by atoms with Crippen LogP contribution in [0.25, 0.3) is 10.9 Å². The zero-order valence-corrected chi connectivity index (χ0v) is 19.5. The monoisotopic (exact) mass is 471 g/mol. The summed E-state index contributed by atoms with van der Waals surface area (Å²) in [6.45, 7) is 11.1. The van der Waals surface area contributed by atoms with Crippen molar-refractivity contribution in [2.24, 2.45) is 0 Å². The Labute approximate surface area is 197 Å². The van der Waals surface area contributed by atoms with Crippen molar-refractivity contribution in [2.75, 3.05) is 36.9 Å². The van der Waals surface area contributed by atoms with E-state index in [0.29, 0.717) is 40.5 Å². The second-order valence-corrected chi connectivity index (χ2v) is 7.67. The molecule has 0 radical (unpaired) electrons. The van der Waals surface area contributed by atoms with Crippen molar-refractivity contribution < 1.29 is 13.9 Å². The summed E-state index contributed by atoms with van der Waals surface area (Å²) in [5.74, 6) is 0.113. The molecule has 2 aromatic carbocycles. The van der Waals surface area contributed by atoms with Gasteiger partial charge in [0.1, 0.15) is 23.7 Å². The lowest BCUT2D eigenvalue weighted by Gasteiger charge is -2.18. The number of amides is 1. The van der Waals surface area contributed by atoms with Crippen LogP contribution >= 0.6 is 11.6 Å². The Morgan fingerprint density at radius 2 is 2.03 bits per heavy atom. The number of benzene rings is 2. The molecule has 1 amide bonds. The van der Waals surface area contributed by atoms with Crippen molar-refractivity contribution >= 4 is 45.6 Å². The summed E-state index contributed by atoms with van der Waals surface area (Å²) in [6.07, 6.45) is 3.45. The van der Waals surface area contributed by atoms with Crippen molar-refractivity contribution in [2.45, 2.75) is 20.3 Å². The predicted octanol–water partition coefficient (Wildman–Crippen LogP) is 5.40. The third kappa shape index (κ3) is 6.40. The minimum absolute atomic E-state index is 0.00213. The van der Waals surface area contributed by atoms with E-state index in [-0.39, 0.29) is 10.9 Å². The van der Waals surface area contributed by atoms with Gasteiger partial charge in [0.05, 0.1) is 22.8 Å². The van der Waals surface area contributed by atoms with E-state index in [1.165, 1.54) is 24.5 Å². The zero-order chi connectivity index (χ0) is 23.8. The van der Waals surface area contributed by atoms with Crippen LogP contribution in [-0.4, -0.2) is 47.0 Å². The molecule has 3 aromatic rings. The van der Waals surface area contributed by atoms with E-state index in [2.05, 4.69) is 45.9 Å². The number of nitrogens with zero attached hydrogens (tertiary/aromatic N) is 3. The minimum Gasteiger partial charge on any atom is -0.491 e. The number of ether oxygens (including phenoxy) is 1. The molecule has 0 fully saturated rings. The summed E-state index contributed by atoms with van der Waals surface area (Å²) in [6, 6.07) is 7.80. The van der Waals surface area contributed by atoms with E-state index >= 15 is 0 Å². The third-order valence-electron chi connectivity index (χ3n) is 5.13. The van der Waals surface area contributed by atoms with Gasteiger partial charge in [-0.3, -0.25) is 4.79 Å². The number of carbonyl (C=O) groups excluding carboxylic acids is 1. The average Bonchev–Trinajstić information content (AvgIpc) is 2.82. The highest BCUT2D eigenvalue weighted by atomic mass is 35.5. The van der Waals surface area contributed by atoms with Gasteiger partial charge >= 0.3 is 0 Å². The molecule has 0 bridgehead atoms. The standard InChI is InChI=1S/C24H27ClFN5O2/c1-4-23(32)30-21-13-17-20(14-22(21)33-11-7-10-31(5-2)6-3)27-15-28-24(17)29-16-8-9-19(26)18(25)12-16/h4,8-9,12-15H,1,5-7,10-11H2,2-3H3,(H,30,32)(H,27,28,29). The fraction of sp³-hybridized carbons (Fsp3) is 0.292. The Bertz CT molecular complexity index is 1140. The molecule has 9 heteroatoms. The number of nitrogens with one attached hydrogen (secondary N) is 2. The molecule has 3 rings (SSSR count). The number of hydrogen-bond donors (Lipinski definition) is 2. The summed E-state index contributed by atoms with van der Waals surface area (Å²) in [5, 5.41) is 6.55. The fourth-order valence-corrected chi connectivity index (χ4v) is 3.49. The number of anilines is 3. The van der Waals surface area contributed by atoms with Crippen LogP contribution in [0.15, 0.2) is 49.3 Å². The smallest absolute Gasteiger partial charge is 0.247 e. The maximum Gasteiger partial charge on any atom is 0.247 e. The first-order chi connectivity index (χ1) is 15.9. The van der Waals surface area contributed by atoms with Crippen LogP contribution < -0.4 is 15.4 Å². The molecule has 0 atom stereocenters. The molecule has 33 heavy (non-hydrogen) atoms. The Kier molecular flexibility index (Phi) is 8.57. The highest BCUT2D eigenvalue weighted by molar-refractivity contribution is 6.31. The van der Waals surface area contributed by atoms with E-state index in [1.807, 2.05) is 0 Å². The topological polar surface area (TPSA) is 79.4 Å². The Morgan fingerprint density at radius 1 is 1.24 bits per heavy atom. The van der Waals surface area contributed by atoms with Crippen LogP contribution in [0.1, 0.15) is 20.3 Å². The quantitative estimate of drug-likeness (QED) is 0.288. The van der Waals surface area contributed by atoms with Crippen molar-refractivity contribution in [3.8, 4) is 5.75 Å². The van der Waals surface area contributed by atoms with E-state index in [4.69, 9.17) is 16.3 Å². The molecule has 7 nitrogen and oxygen atoms in total. The van der Waals surface area contributed by atoms with Crippen molar-refractivity contribution in [3.05, 3.63) is 60.2 Å². The molecule has 0 aliphatic rings. The molecule has 0 saturated carbocycles. The third-order valence-corrected chi connectivity index (χ3v) is 5.42. The molecule has 1 aromatic heterocycles. The number of hydrogen-bond acceptors (Lipinski definition) is 6. The fourth-order valence-electron chi connectivity index (χ4n) is 3.31. The lowest BCUT2D eigenvalue weighted by atomic mass is 10.1. The number of halogens is 2. The zero-order valence-electron chi connectivity index (χ0n) is 18.7. The highest BCUT2D eigenvalue weighted by Gasteiger charge is 2.13. The van der Waals surface area contributed by atoms with E-state index < -0.39 is 5.82 Å². The van der Waals surface area contributed by atoms with Crippen LogP contribution in [0.5, 0.6) is 5.75 Å². The normalized spacial score (nSPS) is 10.9. The highest BCUT2D eigenvalue weighted by Crippen LogP contribution is 2.34. The SMILES string of the molecule is C=CC(=O)Nc1cc2c(Nc3ccc(F)c(Cl)c3)ncnc2cc1OCCCN(CC)CC. The molecule has 2 N–H and O–H groups in total. The second kappa shape index (κ2) is 11.6. The number of fused-ring (bicyclic) bond motifs is 1. The van der Waals surface area contributed by atoms with E-state index in [0.717, 1.165) is 26.1 Å². The molecule has 0 aliphatic carbocycles. The number of carbonyl (C=O) groups is 1. The van der Waals surface area contributed by atoms with Crippen LogP contribution in [-0.2, 0) is 4.79 Å². The molecule has 1 heterocycles. The number of aromatic nitrogens is 2. The maximum absolute atomic E-state index is 13.5. The summed E-state index contributed by atoms with van der Waals surface area (Å²) in [7, 11) is 0. The largest absolute Gasteiger partial charge is 0.491 e. The van der Waals surface area contributed by atoms with Crippen LogP contribution in [0.4, 0.5) is 21.6 Å². The summed E-state index contributed by atoms with van der Waals surface area (Å²) >= 11 is 5.89. The number of rotatable bonds is 11. The first-order valence-electron chi connectivity index (χ1n) is 10.7. The van der Waals surface area contributed by atoms with Gasteiger partial charge < -0.3 is 20.3 Å². The van der Waals surface area contributed by atoms with Crippen LogP contribution in [0.3, 0.4) is 0 Å². The second-order valence-electron chi connectivity index (χ2n) is 7.26. The van der Waals surface area contributed by atoms with Gasteiger partial charge in [-0.1, -0.05) is 32.0 Å². The molecule has 0 spiro atoms. The summed E-state index contributed by atoms with van der Waals surface area (Å²) < 4.78 is 19.5. The van der Waals surface area contributed by atoms with Crippen LogP contribution in [0, 0.1) is 5.82 Å². The Balaban J connectivity index is 1.89. The predicted molar refractivity (Wildman–Crippen MR) is 131 cm³/mol. The van der Waals surface area contributed by atoms with Gasteiger partial charge in [-0.05, 0) is 49.9 Å². The van der Waals surface area contributed by atoms with Gasteiger partial charge in [-0.15, -0.1) is 0 Å². The Morgan fingerprint density at radius 3 is 2.73 bits per heavy atom. The van der Waals surface area contributed by atoms with E-state index in [9.17, 15) is 9.18 Å². The van der Waals surface area contributed by atoms with Crippen molar-refractivity contribution in [1.82, 2.24) is 14.9 Å². The molecule has 174 valence electrons. The minimum atomic E-state index is -0.507. The molecule has 0 aliphatic heterocycles. The van der Waals surface area contributed by atoms with Gasteiger partial charge in [0, 0.05) is 23.7 Å². The molecule has 0 unspecified atom stereocenters. The first-order valence-corrected chi connectivity index (χ1v) is 11.1.